The number of non-ortho nitro benzene ring substituents is 1. The van der Waals surface area contributed by atoms with Gasteiger partial charge in [-0.1, -0.05) is 0 Å². The number of rotatable bonds is 7. The predicted molar refractivity (Wildman–Crippen MR) is 76.3 cm³/mol. The van der Waals surface area contributed by atoms with Crippen LogP contribution in [0.3, 0.4) is 0 Å². The number of fused-ring (bicyclic) bond motifs is 1. The van der Waals surface area contributed by atoms with Crippen molar-refractivity contribution < 1.29 is 19.2 Å². The molecule has 2 rings (SSSR count). The Morgan fingerprint density at radius 2 is 2.33 bits per heavy atom. The fraction of sp³-hybridized carbons (Fsp3) is 0.462. The molecule has 0 aliphatic rings. The zero-order valence-corrected chi connectivity index (χ0v) is 11.8. The number of anilines is 1. The second-order valence-electron chi connectivity index (χ2n) is 5.02. The fourth-order valence-corrected chi connectivity index (χ4v) is 1.78. The Bertz CT molecular complexity index is 638. The smallest absolute Gasteiger partial charge is 0.295 e. The van der Waals surface area contributed by atoms with Gasteiger partial charge in [-0.25, -0.2) is 0 Å². The summed E-state index contributed by atoms with van der Waals surface area (Å²) >= 11 is 0. The molecule has 1 heterocycles. The summed E-state index contributed by atoms with van der Waals surface area (Å²) in [6.07, 6.45) is 0.461. The molecule has 1 aromatic heterocycles. The maximum Gasteiger partial charge on any atom is 0.295 e. The largest absolute Gasteiger partial charge is 0.424 e. The molecule has 0 amide bonds. The minimum absolute atomic E-state index is 0.0468. The van der Waals surface area contributed by atoms with Crippen LogP contribution in [0.4, 0.5) is 11.7 Å². The number of nitro groups is 1. The number of ether oxygens (including phenoxy) is 1. The van der Waals surface area contributed by atoms with E-state index in [1.54, 1.807) is 14.0 Å². The Morgan fingerprint density at radius 3 is 3.00 bits per heavy atom. The normalized spacial score (nSPS) is 14.0. The number of aliphatic hydroxyl groups is 1. The van der Waals surface area contributed by atoms with Crippen LogP contribution in [0.25, 0.3) is 11.1 Å². The number of nitrogens with zero attached hydrogens (tertiary/aromatic N) is 2. The molecule has 2 N–H and O–H groups in total. The summed E-state index contributed by atoms with van der Waals surface area (Å²) in [5.74, 6) is 0. The summed E-state index contributed by atoms with van der Waals surface area (Å²) in [6, 6.07) is 4.40. The van der Waals surface area contributed by atoms with Gasteiger partial charge >= 0.3 is 0 Å². The highest BCUT2D eigenvalue weighted by atomic mass is 16.6. The van der Waals surface area contributed by atoms with E-state index in [9.17, 15) is 15.2 Å². The Labute approximate surface area is 120 Å². The van der Waals surface area contributed by atoms with Crippen LogP contribution in [0.1, 0.15) is 13.3 Å². The molecule has 114 valence electrons. The third-order valence-electron chi connectivity index (χ3n) is 3.05. The first-order chi connectivity index (χ1) is 9.91. The zero-order valence-electron chi connectivity index (χ0n) is 11.8. The first-order valence-corrected chi connectivity index (χ1v) is 6.41. The monoisotopic (exact) mass is 295 g/mol. The summed E-state index contributed by atoms with van der Waals surface area (Å²) < 4.78 is 10.3. The molecule has 0 radical (unpaired) electrons. The van der Waals surface area contributed by atoms with Crippen molar-refractivity contribution in [3.05, 3.63) is 28.3 Å². The lowest BCUT2D eigenvalue weighted by Gasteiger charge is -2.22. The first kappa shape index (κ1) is 15.2. The van der Waals surface area contributed by atoms with E-state index in [2.05, 4.69) is 10.3 Å². The van der Waals surface area contributed by atoms with E-state index in [1.807, 2.05) is 0 Å². The first-order valence-electron chi connectivity index (χ1n) is 6.41. The molecule has 21 heavy (non-hydrogen) atoms. The Kier molecular flexibility index (Phi) is 4.39. The zero-order chi connectivity index (χ0) is 15.5. The molecule has 0 aliphatic carbocycles. The molecule has 0 fully saturated rings. The molecular weight excluding hydrogens is 278 g/mol. The van der Waals surface area contributed by atoms with Crippen molar-refractivity contribution in [2.75, 3.05) is 25.6 Å². The highest BCUT2D eigenvalue weighted by Crippen LogP contribution is 2.24. The van der Waals surface area contributed by atoms with Gasteiger partial charge in [-0.15, -0.1) is 0 Å². The molecule has 1 atom stereocenters. The maximum atomic E-state index is 10.7. The molecule has 0 saturated carbocycles. The molecule has 1 unspecified atom stereocenters. The Hall–Kier alpha value is -2.19. The summed E-state index contributed by atoms with van der Waals surface area (Å²) in [5.41, 5.74) is -0.180. The summed E-state index contributed by atoms with van der Waals surface area (Å²) in [6.45, 7) is 2.34. The third-order valence-corrected chi connectivity index (χ3v) is 3.05. The molecule has 2 aromatic rings. The van der Waals surface area contributed by atoms with Gasteiger partial charge in [-0.2, -0.15) is 4.98 Å². The standard InChI is InChI=1S/C13H17N3O5/c1-13(17,5-6-20-2)8-14-12-15-10-7-9(16(18)19)3-4-11(10)21-12/h3-4,7,17H,5-6,8H2,1-2H3,(H,14,15). The van der Waals surface area contributed by atoms with Gasteiger partial charge in [0.15, 0.2) is 5.58 Å². The van der Waals surface area contributed by atoms with Crippen molar-refractivity contribution in [3.8, 4) is 0 Å². The fourth-order valence-electron chi connectivity index (χ4n) is 1.78. The Balaban J connectivity index is 2.07. The van der Waals surface area contributed by atoms with Crippen molar-refractivity contribution in [1.29, 1.82) is 0 Å². The van der Waals surface area contributed by atoms with Crippen molar-refractivity contribution >= 4 is 22.8 Å². The van der Waals surface area contributed by atoms with Crippen LogP contribution in [0.15, 0.2) is 22.6 Å². The second kappa shape index (κ2) is 6.06. The number of hydrogen-bond donors (Lipinski definition) is 2. The predicted octanol–water partition coefficient (Wildman–Crippen LogP) is 1.94. The second-order valence-corrected chi connectivity index (χ2v) is 5.02. The van der Waals surface area contributed by atoms with E-state index in [1.165, 1.54) is 18.2 Å². The van der Waals surface area contributed by atoms with Crippen LogP contribution >= 0.6 is 0 Å². The quantitative estimate of drug-likeness (QED) is 0.593. The van der Waals surface area contributed by atoms with Gasteiger partial charge in [0.1, 0.15) is 5.52 Å². The van der Waals surface area contributed by atoms with Crippen LogP contribution in [-0.2, 0) is 4.74 Å². The van der Waals surface area contributed by atoms with Gasteiger partial charge in [0, 0.05) is 38.8 Å². The van der Waals surface area contributed by atoms with Crippen molar-refractivity contribution in [2.24, 2.45) is 0 Å². The van der Waals surface area contributed by atoms with E-state index in [0.29, 0.717) is 24.1 Å². The van der Waals surface area contributed by atoms with Crippen LogP contribution < -0.4 is 5.32 Å². The highest BCUT2D eigenvalue weighted by molar-refractivity contribution is 5.77. The number of nitrogens with one attached hydrogen (secondary N) is 1. The summed E-state index contributed by atoms with van der Waals surface area (Å²) in [7, 11) is 1.57. The van der Waals surface area contributed by atoms with Gasteiger partial charge in [0.25, 0.3) is 11.7 Å². The van der Waals surface area contributed by atoms with E-state index < -0.39 is 10.5 Å². The van der Waals surface area contributed by atoms with E-state index >= 15 is 0 Å². The van der Waals surface area contributed by atoms with Crippen LogP contribution in [0.2, 0.25) is 0 Å². The SMILES string of the molecule is COCCC(C)(O)CNc1nc2cc([N+](=O)[O-])ccc2o1. The van der Waals surface area contributed by atoms with Crippen molar-refractivity contribution in [2.45, 2.75) is 18.9 Å². The number of hydrogen-bond acceptors (Lipinski definition) is 7. The molecule has 0 aliphatic heterocycles. The molecular formula is C13H17N3O5. The minimum Gasteiger partial charge on any atom is -0.424 e. The van der Waals surface area contributed by atoms with Crippen LogP contribution in [0.5, 0.6) is 0 Å². The number of nitro benzene ring substituents is 1. The number of aromatic nitrogens is 1. The molecule has 8 nitrogen and oxygen atoms in total. The lowest BCUT2D eigenvalue weighted by molar-refractivity contribution is -0.384. The van der Waals surface area contributed by atoms with Gasteiger partial charge in [0.05, 0.1) is 10.5 Å². The molecule has 0 spiro atoms. The van der Waals surface area contributed by atoms with E-state index in [4.69, 9.17) is 9.15 Å². The van der Waals surface area contributed by atoms with Crippen LogP contribution in [-0.4, -0.2) is 40.9 Å². The molecule has 8 heteroatoms. The molecule has 0 saturated heterocycles. The average Bonchev–Trinajstić information content (AvgIpc) is 2.85. The van der Waals surface area contributed by atoms with E-state index in [0.717, 1.165) is 0 Å². The topological polar surface area (TPSA) is 111 Å². The van der Waals surface area contributed by atoms with Gasteiger partial charge in [0.2, 0.25) is 0 Å². The maximum absolute atomic E-state index is 10.7. The number of benzene rings is 1. The van der Waals surface area contributed by atoms with Crippen LogP contribution in [0, 0.1) is 10.1 Å². The van der Waals surface area contributed by atoms with Crippen molar-refractivity contribution in [3.63, 3.8) is 0 Å². The van der Waals surface area contributed by atoms with Gasteiger partial charge < -0.3 is 19.6 Å². The third kappa shape index (κ3) is 3.89. The number of methoxy groups -OCH3 is 1. The van der Waals surface area contributed by atoms with Gasteiger partial charge in [-0.3, -0.25) is 10.1 Å². The van der Waals surface area contributed by atoms with Gasteiger partial charge in [-0.05, 0) is 13.0 Å². The molecule has 1 aromatic carbocycles. The van der Waals surface area contributed by atoms with Crippen molar-refractivity contribution in [1.82, 2.24) is 4.98 Å². The minimum atomic E-state index is -0.970. The summed E-state index contributed by atoms with van der Waals surface area (Å²) in [5, 5.41) is 23.7. The average molecular weight is 295 g/mol. The lowest BCUT2D eigenvalue weighted by Crippen LogP contribution is -2.34. The highest BCUT2D eigenvalue weighted by Gasteiger charge is 2.21. The van der Waals surface area contributed by atoms with E-state index in [-0.39, 0.29) is 18.2 Å². The molecule has 0 bridgehead atoms. The number of oxazole rings is 1. The lowest BCUT2D eigenvalue weighted by atomic mass is 10.0. The Morgan fingerprint density at radius 1 is 1.57 bits per heavy atom. The summed E-state index contributed by atoms with van der Waals surface area (Å²) in [4.78, 5) is 14.3.